The number of likely N-dealkylation sites (tertiary alicyclic amines) is 1. The molecule has 1 fully saturated rings. The van der Waals surface area contributed by atoms with Crippen molar-refractivity contribution in [3.05, 3.63) is 29.3 Å². The lowest BCUT2D eigenvalue weighted by molar-refractivity contribution is 0.370. The van der Waals surface area contributed by atoms with Crippen molar-refractivity contribution in [1.82, 2.24) is 14.9 Å². The Kier molecular flexibility index (Phi) is 6.11. The van der Waals surface area contributed by atoms with Gasteiger partial charge in [0.25, 0.3) is 0 Å². The lowest BCUT2D eigenvalue weighted by atomic mass is 9.93. The van der Waals surface area contributed by atoms with Gasteiger partial charge in [-0.1, -0.05) is 31.5 Å². The third kappa shape index (κ3) is 5.09. The average molecular weight is 373 g/mol. The third-order valence-electron chi connectivity index (χ3n) is 4.00. The van der Waals surface area contributed by atoms with E-state index in [-0.39, 0.29) is 16.9 Å². The lowest BCUT2D eigenvalue weighted by Gasteiger charge is -2.23. The first-order valence-electron chi connectivity index (χ1n) is 7.94. The number of nitrogens with one attached hydrogen (secondary N) is 2. The molecule has 1 aromatic rings. The Morgan fingerprint density at radius 3 is 2.71 bits per heavy atom. The Morgan fingerprint density at radius 2 is 2.12 bits per heavy atom. The van der Waals surface area contributed by atoms with Gasteiger partial charge in [0.05, 0.1) is 4.90 Å². The number of benzene rings is 1. The molecule has 0 spiro atoms. The van der Waals surface area contributed by atoms with Crippen molar-refractivity contribution in [2.24, 2.45) is 10.4 Å². The van der Waals surface area contributed by atoms with Crippen molar-refractivity contribution in [3.8, 4) is 0 Å². The molecule has 0 radical (unpaired) electrons. The molecule has 6 nitrogen and oxygen atoms in total. The minimum Gasteiger partial charge on any atom is -0.355 e. The van der Waals surface area contributed by atoms with Crippen LogP contribution in [0.5, 0.6) is 0 Å². The number of rotatable bonds is 5. The molecule has 8 heteroatoms. The standard InChI is InChI=1S/C16H25ClN4O2S/c1-16(2)7-10-21(12-16)15(18-3)19-8-9-20-24(22,23)14-6-4-5-13(17)11-14/h4-6,11,20H,7-10,12H2,1-3H3,(H,18,19). The van der Waals surface area contributed by atoms with E-state index in [1.54, 1.807) is 19.2 Å². The van der Waals surface area contributed by atoms with Crippen molar-refractivity contribution in [2.45, 2.75) is 25.2 Å². The van der Waals surface area contributed by atoms with Gasteiger partial charge in [0, 0.05) is 38.2 Å². The van der Waals surface area contributed by atoms with Gasteiger partial charge in [-0.25, -0.2) is 13.1 Å². The normalized spacial score (nSPS) is 18.0. The van der Waals surface area contributed by atoms with E-state index < -0.39 is 10.0 Å². The Balaban J connectivity index is 1.84. The predicted molar refractivity (Wildman–Crippen MR) is 98.0 cm³/mol. The van der Waals surface area contributed by atoms with Crippen LogP contribution in [0.3, 0.4) is 0 Å². The molecule has 2 N–H and O–H groups in total. The first-order chi connectivity index (χ1) is 11.2. The summed E-state index contributed by atoms with van der Waals surface area (Å²) in [6, 6.07) is 6.21. The van der Waals surface area contributed by atoms with Gasteiger partial charge in [0.2, 0.25) is 10.0 Å². The molecule has 0 saturated carbocycles. The van der Waals surface area contributed by atoms with Gasteiger partial charge in [-0.15, -0.1) is 0 Å². The predicted octanol–water partition coefficient (Wildman–Crippen LogP) is 1.93. The summed E-state index contributed by atoms with van der Waals surface area (Å²) in [5, 5.41) is 3.60. The second-order valence-electron chi connectivity index (χ2n) is 6.66. The highest BCUT2D eigenvalue weighted by Crippen LogP contribution is 2.28. The molecule has 0 unspecified atom stereocenters. The molecule has 0 aromatic heterocycles. The molecule has 0 aliphatic carbocycles. The summed E-state index contributed by atoms with van der Waals surface area (Å²) in [5.41, 5.74) is 0.284. The summed E-state index contributed by atoms with van der Waals surface area (Å²) in [5.74, 6) is 0.808. The average Bonchev–Trinajstić information content (AvgIpc) is 2.87. The summed E-state index contributed by atoms with van der Waals surface area (Å²) < 4.78 is 27.0. The maximum Gasteiger partial charge on any atom is 0.240 e. The highest BCUT2D eigenvalue weighted by atomic mass is 35.5. The second kappa shape index (κ2) is 7.72. The van der Waals surface area contributed by atoms with Crippen molar-refractivity contribution >= 4 is 27.6 Å². The van der Waals surface area contributed by atoms with E-state index >= 15 is 0 Å². The zero-order valence-corrected chi connectivity index (χ0v) is 15.9. The SMILES string of the molecule is CN=C(NCCNS(=O)(=O)c1cccc(Cl)c1)N1CCC(C)(C)C1. The summed E-state index contributed by atoms with van der Waals surface area (Å²) >= 11 is 5.84. The highest BCUT2D eigenvalue weighted by molar-refractivity contribution is 7.89. The minimum atomic E-state index is -3.55. The maximum atomic E-state index is 12.2. The van der Waals surface area contributed by atoms with E-state index in [0.29, 0.717) is 11.6 Å². The number of aliphatic imine (C=N–C) groups is 1. The van der Waals surface area contributed by atoms with Gasteiger partial charge in [-0.2, -0.15) is 0 Å². The summed E-state index contributed by atoms with van der Waals surface area (Å²) in [6.45, 7) is 7.11. The van der Waals surface area contributed by atoms with Crippen LogP contribution in [-0.2, 0) is 10.0 Å². The Labute approximate surface area is 149 Å². The summed E-state index contributed by atoms with van der Waals surface area (Å²) in [7, 11) is -1.81. The molecule has 2 rings (SSSR count). The fourth-order valence-corrected chi connectivity index (χ4v) is 4.03. The Hall–Kier alpha value is -1.31. The maximum absolute atomic E-state index is 12.2. The van der Waals surface area contributed by atoms with Crippen LogP contribution in [0.1, 0.15) is 20.3 Å². The van der Waals surface area contributed by atoms with Crippen molar-refractivity contribution in [2.75, 3.05) is 33.2 Å². The molecule has 1 heterocycles. The molecule has 1 aromatic carbocycles. The van der Waals surface area contributed by atoms with E-state index in [4.69, 9.17) is 11.6 Å². The summed E-state index contributed by atoms with van der Waals surface area (Å²) in [6.07, 6.45) is 1.12. The van der Waals surface area contributed by atoms with Crippen LogP contribution in [0.25, 0.3) is 0 Å². The Bertz CT molecular complexity index is 704. The van der Waals surface area contributed by atoms with Gasteiger partial charge >= 0.3 is 0 Å². The molecule has 24 heavy (non-hydrogen) atoms. The number of sulfonamides is 1. The zero-order chi connectivity index (χ0) is 17.8. The number of nitrogens with zero attached hydrogens (tertiary/aromatic N) is 2. The van der Waals surface area contributed by atoms with Crippen LogP contribution in [0.2, 0.25) is 5.02 Å². The lowest BCUT2D eigenvalue weighted by Crippen LogP contribution is -2.43. The van der Waals surface area contributed by atoms with Gasteiger partial charge in [-0.05, 0) is 30.0 Å². The Morgan fingerprint density at radius 1 is 1.38 bits per heavy atom. The number of guanidine groups is 1. The van der Waals surface area contributed by atoms with E-state index in [1.807, 2.05) is 0 Å². The number of halogens is 1. The molecule has 134 valence electrons. The van der Waals surface area contributed by atoms with E-state index in [0.717, 1.165) is 25.5 Å². The van der Waals surface area contributed by atoms with Crippen LogP contribution in [0.4, 0.5) is 0 Å². The molecule has 0 atom stereocenters. The van der Waals surface area contributed by atoms with Crippen LogP contribution < -0.4 is 10.0 Å². The van der Waals surface area contributed by atoms with Crippen LogP contribution >= 0.6 is 11.6 Å². The summed E-state index contributed by atoms with van der Waals surface area (Å²) in [4.78, 5) is 6.64. The molecular formula is C16H25ClN4O2S. The number of hydrogen-bond acceptors (Lipinski definition) is 3. The molecule has 1 aliphatic heterocycles. The highest BCUT2D eigenvalue weighted by Gasteiger charge is 2.30. The number of hydrogen-bond donors (Lipinski definition) is 2. The van der Waals surface area contributed by atoms with Gasteiger partial charge in [0.1, 0.15) is 0 Å². The molecule has 0 amide bonds. The molecular weight excluding hydrogens is 348 g/mol. The van der Waals surface area contributed by atoms with Crippen LogP contribution in [-0.4, -0.2) is 52.5 Å². The van der Waals surface area contributed by atoms with Crippen LogP contribution in [0.15, 0.2) is 34.2 Å². The third-order valence-corrected chi connectivity index (χ3v) is 5.69. The van der Waals surface area contributed by atoms with Crippen molar-refractivity contribution in [3.63, 3.8) is 0 Å². The van der Waals surface area contributed by atoms with E-state index in [9.17, 15) is 8.42 Å². The molecule has 0 bridgehead atoms. The van der Waals surface area contributed by atoms with E-state index in [2.05, 4.69) is 33.8 Å². The van der Waals surface area contributed by atoms with Gasteiger partial charge < -0.3 is 10.2 Å². The first kappa shape index (κ1) is 19.0. The molecule has 1 aliphatic rings. The quantitative estimate of drug-likeness (QED) is 0.470. The second-order valence-corrected chi connectivity index (χ2v) is 8.87. The first-order valence-corrected chi connectivity index (χ1v) is 9.80. The zero-order valence-electron chi connectivity index (χ0n) is 14.3. The van der Waals surface area contributed by atoms with Gasteiger partial charge in [0.15, 0.2) is 5.96 Å². The fourth-order valence-electron chi connectivity index (χ4n) is 2.70. The monoisotopic (exact) mass is 372 g/mol. The van der Waals surface area contributed by atoms with Crippen LogP contribution in [0, 0.1) is 5.41 Å². The van der Waals surface area contributed by atoms with Crippen molar-refractivity contribution in [1.29, 1.82) is 0 Å². The topological polar surface area (TPSA) is 73.8 Å². The smallest absolute Gasteiger partial charge is 0.240 e. The molecule has 1 saturated heterocycles. The van der Waals surface area contributed by atoms with Crippen molar-refractivity contribution < 1.29 is 8.42 Å². The van der Waals surface area contributed by atoms with E-state index in [1.165, 1.54) is 12.1 Å². The fraction of sp³-hybridized carbons (Fsp3) is 0.562. The van der Waals surface area contributed by atoms with Gasteiger partial charge in [-0.3, -0.25) is 4.99 Å². The largest absolute Gasteiger partial charge is 0.355 e. The minimum absolute atomic E-state index is 0.167.